The van der Waals surface area contributed by atoms with Crippen LogP contribution in [0.3, 0.4) is 0 Å². The second kappa shape index (κ2) is 6.19. The van der Waals surface area contributed by atoms with E-state index in [9.17, 15) is 8.42 Å². The first kappa shape index (κ1) is 15.4. The first-order chi connectivity index (χ1) is 6.49. The fourth-order valence-corrected chi connectivity index (χ4v) is 1.62. The van der Waals surface area contributed by atoms with Gasteiger partial charge in [-0.15, -0.1) is 0 Å². The molecule has 15 heavy (non-hydrogen) atoms. The van der Waals surface area contributed by atoms with Gasteiger partial charge in [-0.25, -0.2) is 0 Å². The minimum absolute atomic E-state index is 0. The number of benzene rings is 1. The summed E-state index contributed by atoms with van der Waals surface area (Å²) in [5, 5.41) is 0. The molecule has 0 unspecified atom stereocenters. The van der Waals surface area contributed by atoms with E-state index in [-0.39, 0.29) is 62.0 Å². The van der Waals surface area contributed by atoms with Crippen LogP contribution in [0, 0.1) is 0 Å². The number of rotatable bonds is 3. The molecule has 0 amide bonds. The Kier molecular flexibility index (Phi) is 6.34. The molecule has 80 valence electrons. The third-order valence-corrected chi connectivity index (χ3v) is 2.54. The van der Waals surface area contributed by atoms with E-state index in [1.807, 2.05) is 0 Å². The van der Waals surface area contributed by atoms with Crippen molar-refractivity contribution >= 4 is 61.5 Å². The van der Waals surface area contributed by atoms with Crippen molar-refractivity contribution in [1.82, 2.24) is 0 Å². The summed E-state index contributed by atoms with van der Waals surface area (Å²) in [6.07, 6.45) is 0. The van der Waals surface area contributed by atoms with Crippen LogP contribution in [-0.2, 0) is 10.1 Å². The van der Waals surface area contributed by atoms with E-state index in [0.717, 1.165) is 0 Å². The van der Waals surface area contributed by atoms with Crippen molar-refractivity contribution < 1.29 is 22.4 Å². The van der Waals surface area contributed by atoms with Gasteiger partial charge in [0.05, 0.1) is 14.2 Å². The maximum absolute atomic E-state index is 10.8. The molecule has 0 aliphatic carbocycles. The Bertz CT molecular complexity index is 429. The molecule has 1 rings (SSSR count). The average Bonchev–Trinajstić information content (AvgIpc) is 2.15. The van der Waals surface area contributed by atoms with Crippen molar-refractivity contribution in [3.63, 3.8) is 0 Å². The zero-order chi connectivity index (χ0) is 10.8. The predicted molar refractivity (Wildman–Crippen MR) is 56.5 cm³/mol. The van der Waals surface area contributed by atoms with Gasteiger partial charge in [0.1, 0.15) is 16.4 Å². The predicted octanol–water partition coefficient (Wildman–Crippen LogP) is 0.302. The maximum atomic E-state index is 10.8. The van der Waals surface area contributed by atoms with Crippen molar-refractivity contribution in [2.45, 2.75) is 4.90 Å². The molecule has 0 fully saturated rings. The quantitative estimate of drug-likeness (QED) is 0.623. The number of hydrogen-bond donors (Lipinski definition) is 1. The summed E-state index contributed by atoms with van der Waals surface area (Å²) >= 11 is 0. The topological polar surface area (TPSA) is 72.8 Å². The Morgan fingerprint density at radius 2 is 1.80 bits per heavy atom. The van der Waals surface area contributed by atoms with Gasteiger partial charge in [-0.2, -0.15) is 8.42 Å². The van der Waals surface area contributed by atoms with Gasteiger partial charge in [-0.3, -0.25) is 4.55 Å². The van der Waals surface area contributed by atoms with E-state index in [0.29, 0.717) is 5.75 Å². The van der Waals surface area contributed by atoms with Crippen molar-refractivity contribution in [2.24, 2.45) is 0 Å². The van der Waals surface area contributed by atoms with Crippen molar-refractivity contribution in [3.8, 4) is 11.5 Å². The Hall–Kier alpha value is 0.366. The fraction of sp³-hybridized carbons (Fsp3) is 0.250. The van der Waals surface area contributed by atoms with E-state index >= 15 is 0 Å². The first-order valence-corrected chi connectivity index (χ1v) is 5.12. The molecule has 0 heterocycles. The molecular weight excluding hydrogens is 247 g/mol. The summed E-state index contributed by atoms with van der Waals surface area (Å²) in [6.45, 7) is 0. The van der Waals surface area contributed by atoms with E-state index < -0.39 is 10.1 Å². The van der Waals surface area contributed by atoms with Gasteiger partial charge in [0.2, 0.25) is 0 Å². The molecule has 1 N–H and O–H groups in total. The van der Waals surface area contributed by atoms with E-state index in [4.69, 9.17) is 14.0 Å². The van der Waals surface area contributed by atoms with E-state index in [1.165, 1.54) is 32.4 Å². The Labute approximate surface area is 131 Å². The van der Waals surface area contributed by atoms with Gasteiger partial charge in [-0.05, 0) is 12.1 Å². The third kappa shape index (κ3) is 4.02. The summed E-state index contributed by atoms with van der Waals surface area (Å²) in [4.78, 5) is -0.277. The van der Waals surface area contributed by atoms with Crippen LogP contribution in [0.15, 0.2) is 23.1 Å². The summed E-state index contributed by atoms with van der Waals surface area (Å²) < 4.78 is 40.2. The second-order valence-electron chi connectivity index (χ2n) is 2.49. The molecule has 0 aliphatic rings. The Morgan fingerprint density at radius 1 is 1.20 bits per heavy atom. The Morgan fingerprint density at radius 3 is 2.20 bits per heavy atom. The monoisotopic (exact) mass is 258 g/mol. The molecule has 7 heteroatoms. The third-order valence-electron chi connectivity index (χ3n) is 1.65. The molecular formula is C8H11KO5S. The second-order valence-corrected chi connectivity index (χ2v) is 3.88. The number of ether oxygens (including phenoxy) is 2. The standard InChI is InChI=1S/C8H10O5S.K.H/c1-12-6-3-4-8(14(9,10)11)7(5-6)13-2;;/h3-5H,1-2H3,(H,9,10,11);;. The van der Waals surface area contributed by atoms with Gasteiger partial charge >= 0.3 is 51.4 Å². The van der Waals surface area contributed by atoms with Crippen molar-refractivity contribution in [2.75, 3.05) is 14.2 Å². The summed E-state index contributed by atoms with van der Waals surface area (Å²) in [5.41, 5.74) is 0. The Balaban J connectivity index is 0.00000196. The van der Waals surface area contributed by atoms with Crippen LogP contribution in [0.1, 0.15) is 0 Å². The van der Waals surface area contributed by atoms with Gasteiger partial charge in [0, 0.05) is 6.07 Å². The van der Waals surface area contributed by atoms with Crippen molar-refractivity contribution in [1.29, 1.82) is 0 Å². The zero-order valence-corrected chi connectivity index (χ0v) is 8.54. The van der Waals surface area contributed by atoms with E-state index in [2.05, 4.69) is 0 Å². The van der Waals surface area contributed by atoms with Crippen molar-refractivity contribution in [3.05, 3.63) is 18.2 Å². The van der Waals surface area contributed by atoms with Crippen LogP contribution in [0.25, 0.3) is 0 Å². The fourth-order valence-electron chi connectivity index (χ4n) is 0.988. The van der Waals surface area contributed by atoms with Gasteiger partial charge in [-0.1, -0.05) is 0 Å². The van der Waals surface area contributed by atoms with Gasteiger partial charge < -0.3 is 9.47 Å². The van der Waals surface area contributed by atoms with Gasteiger partial charge in [0.15, 0.2) is 0 Å². The summed E-state index contributed by atoms with van der Waals surface area (Å²) in [7, 11) is -1.50. The molecule has 5 nitrogen and oxygen atoms in total. The summed E-state index contributed by atoms with van der Waals surface area (Å²) in [6, 6.07) is 4.02. The van der Waals surface area contributed by atoms with E-state index in [1.54, 1.807) is 0 Å². The molecule has 1 aromatic carbocycles. The molecule has 0 aromatic heterocycles. The molecule has 0 radical (unpaired) electrons. The van der Waals surface area contributed by atoms with Crippen LogP contribution in [0.2, 0.25) is 0 Å². The van der Waals surface area contributed by atoms with Gasteiger partial charge in [0.25, 0.3) is 10.1 Å². The molecule has 0 saturated heterocycles. The SMILES string of the molecule is COc1ccc(S(=O)(=O)O)c(OC)c1.[KH]. The van der Waals surface area contributed by atoms with Crippen LogP contribution in [-0.4, -0.2) is 78.6 Å². The molecule has 0 aliphatic heterocycles. The van der Waals surface area contributed by atoms with Crippen LogP contribution >= 0.6 is 0 Å². The first-order valence-electron chi connectivity index (χ1n) is 3.68. The number of hydrogen-bond acceptors (Lipinski definition) is 4. The zero-order valence-electron chi connectivity index (χ0n) is 7.72. The normalized spacial score (nSPS) is 10.3. The molecule has 0 saturated carbocycles. The van der Waals surface area contributed by atoms with Crippen LogP contribution < -0.4 is 9.47 Å². The molecule has 0 spiro atoms. The van der Waals surface area contributed by atoms with Crippen LogP contribution in [0.4, 0.5) is 0 Å². The molecule has 0 atom stereocenters. The van der Waals surface area contributed by atoms with Crippen LogP contribution in [0.5, 0.6) is 11.5 Å². The molecule has 0 bridgehead atoms. The summed E-state index contributed by atoms with van der Waals surface area (Å²) in [5.74, 6) is 0.501. The average molecular weight is 258 g/mol. The molecule has 1 aromatic rings. The number of methoxy groups -OCH3 is 2. The minimum atomic E-state index is -4.25.